The molecular weight excluding hydrogens is 278 g/mol. The molecule has 0 radical (unpaired) electrons. The maximum atomic E-state index is 11.5. The zero-order chi connectivity index (χ0) is 14.5. The summed E-state index contributed by atoms with van der Waals surface area (Å²) >= 11 is 6.09. The number of ether oxygens (including phenoxy) is 1. The van der Waals surface area contributed by atoms with E-state index in [0.29, 0.717) is 17.2 Å². The molecule has 0 spiro atoms. The number of benzene rings is 1. The van der Waals surface area contributed by atoms with Crippen molar-refractivity contribution in [3.05, 3.63) is 28.8 Å². The van der Waals surface area contributed by atoms with E-state index in [0.717, 1.165) is 31.5 Å². The van der Waals surface area contributed by atoms with E-state index in [9.17, 15) is 9.90 Å². The molecule has 20 heavy (non-hydrogen) atoms. The minimum absolute atomic E-state index is 0.471. The highest BCUT2D eigenvalue weighted by Gasteiger charge is 2.27. The van der Waals surface area contributed by atoms with Crippen LogP contribution in [0.15, 0.2) is 18.2 Å². The monoisotopic (exact) mass is 297 g/mol. The molecule has 1 aromatic rings. The first-order valence-electron chi connectivity index (χ1n) is 6.91. The molecule has 1 heterocycles. The Balaban J connectivity index is 2.11. The number of likely N-dealkylation sites (tertiary alicyclic amines) is 1. The Bertz CT molecular complexity index is 472. The smallest absolute Gasteiger partial charge is 0.321 e. The van der Waals surface area contributed by atoms with E-state index in [4.69, 9.17) is 16.3 Å². The van der Waals surface area contributed by atoms with Gasteiger partial charge in [-0.3, -0.25) is 9.69 Å². The Morgan fingerprint density at radius 3 is 2.65 bits per heavy atom. The molecule has 1 fully saturated rings. The fourth-order valence-electron chi connectivity index (χ4n) is 2.66. The van der Waals surface area contributed by atoms with Crippen molar-refractivity contribution in [2.75, 3.05) is 20.2 Å². The summed E-state index contributed by atoms with van der Waals surface area (Å²) in [5.74, 6) is -0.154. The number of piperidine rings is 1. The van der Waals surface area contributed by atoms with Crippen LogP contribution in [0.5, 0.6) is 5.75 Å². The van der Waals surface area contributed by atoms with Gasteiger partial charge in [-0.2, -0.15) is 0 Å². The maximum Gasteiger partial charge on any atom is 0.321 e. The van der Waals surface area contributed by atoms with Crippen LogP contribution in [0, 0.1) is 0 Å². The number of carboxylic acid groups (broad SMARTS) is 1. The van der Waals surface area contributed by atoms with Gasteiger partial charge in [0.15, 0.2) is 0 Å². The third kappa shape index (κ3) is 3.64. The van der Waals surface area contributed by atoms with E-state index < -0.39 is 12.0 Å². The van der Waals surface area contributed by atoms with Gasteiger partial charge < -0.3 is 9.84 Å². The molecule has 0 bridgehead atoms. The van der Waals surface area contributed by atoms with Crippen LogP contribution in [-0.4, -0.2) is 42.2 Å². The first-order chi connectivity index (χ1) is 9.61. The number of nitrogens with zero attached hydrogens (tertiary/aromatic N) is 1. The van der Waals surface area contributed by atoms with Gasteiger partial charge in [-0.25, -0.2) is 0 Å². The predicted octanol–water partition coefficient (Wildman–Crippen LogP) is 2.83. The van der Waals surface area contributed by atoms with Crippen LogP contribution in [-0.2, 0) is 11.2 Å². The van der Waals surface area contributed by atoms with Crippen LogP contribution in [0.2, 0.25) is 5.02 Å². The van der Waals surface area contributed by atoms with Crippen molar-refractivity contribution >= 4 is 17.6 Å². The molecule has 1 saturated heterocycles. The Morgan fingerprint density at radius 2 is 2.10 bits per heavy atom. The minimum atomic E-state index is -0.765. The number of halogens is 1. The van der Waals surface area contributed by atoms with Crippen LogP contribution >= 0.6 is 11.6 Å². The molecule has 110 valence electrons. The van der Waals surface area contributed by atoms with E-state index in [1.54, 1.807) is 19.2 Å². The van der Waals surface area contributed by atoms with Gasteiger partial charge in [0, 0.05) is 0 Å². The SMILES string of the molecule is COc1ccc(C[C@@H](C(=O)O)N2CCCCC2)cc1Cl. The molecule has 1 aliphatic rings. The van der Waals surface area contributed by atoms with Gasteiger partial charge in [-0.1, -0.05) is 24.1 Å². The first-order valence-corrected chi connectivity index (χ1v) is 7.29. The highest BCUT2D eigenvalue weighted by Crippen LogP contribution is 2.26. The van der Waals surface area contributed by atoms with Gasteiger partial charge >= 0.3 is 5.97 Å². The third-order valence-corrected chi connectivity index (χ3v) is 4.06. The second-order valence-corrected chi connectivity index (χ2v) is 5.53. The van der Waals surface area contributed by atoms with Crippen molar-refractivity contribution in [2.45, 2.75) is 31.7 Å². The van der Waals surface area contributed by atoms with E-state index in [-0.39, 0.29) is 0 Å². The van der Waals surface area contributed by atoms with Gasteiger partial charge in [-0.15, -0.1) is 0 Å². The lowest BCUT2D eigenvalue weighted by Gasteiger charge is -2.32. The summed E-state index contributed by atoms with van der Waals surface area (Å²) in [4.78, 5) is 13.6. The molecule has 0 aliphatic carbocycles. The van der Waals surface area contributed by atoms with Gasteiger partial charge in [0.1, 0.15) is 11.8 Å². The van der Waals surface area contributed by atoms with Crippen LogP contribution < -0.4 is 4.74 Å². The molecule has 5 heteroatoms. The van der Waals surface area contributed by atoms with Crippen molar-refractivity contribution in [1.29, 1.82) is 0 Å². The number of aliphatic carboxylic acids is 1. The molecular formula is C15H20ClNO3. The molecule has 1 atom stereocenters. The Hall–Kier alpha value is -1.26. The van der Waals surface area contributed by atoms with Crippen molar-refractivity contribution < 1.29 is 14.6 Å². The van der Waals surface area contributed by atoms with E-state index >= 15 is 0 Å². The summed E-state index contributed by atoms with van der Waals surface area (Å²) in [5.41, 5.74) is 0.925. The number of carbonyl (C=O) groups is 1. The average Bonchev–Trinajstić information content (AvgIpc) is 2.45. The number of methoxy groups -OCH3 is 1. The highest BCUT2D eigenvalue weighted by molar-refractivity contribution is 6.32. The fraction of sp³-hybridized carbons (Fsp3) is 0.533. The highest BCUT2D eigenvalue weighted by atomic mass is 35.5. The molecule has 0 saturated carbocycles. The molecule has 0 unspecified atom stereocenters. The van der Waals surface area contributed by atoms with Crippen LogP contribution in [0.4, 0.5) is 0 Å². The van der Waals surface area contributed by atoms with Crippen molar-refractivity contribution in [2.24, 2.45) is 0 Å². The van der Waals surface area contributed by atoms with Crippen molar-refractivity contribution in [3.8, 4) is 5.75 Å². The predicted molar refractivity (Wildman–Crippen MR) is 78.6 cm³/mol. The van der Waals surface area contributed by atoms with Crippen LogP contribution in [0.3, 0.4) is 0 Å². The minimum Gasteiger partial charge on any atom is -0.495 e. The zero-order valence-electron chi connectivity index (χ0n) is 11.6. The Morgan fingerprint density at radius 1 is 1.40 bits per heavy atom. The summed E-state index contributed by atoms with van der Waals surface area (Å²) in [7, 11) is 1.56. The average molecular weight is 298 g/mol. The van der Waals surface area contributed by atoms with Crippen LogP contribution in [0.25, 0.3) is 0 Å². The van der Waals surface area contributed by atoms with Crippen molar-refractivity contribution in [1.82, 2.24) is 4.90 Å². The van der Waals surface area contributed by atoms with E-state index in [1.807, 2.05) is 6.07 Å². The second-order valence-electron chi connectivity index (χ2n) is 5.12. The van der Waals surface area contributed by atoms with Gasteiger partial charge in [0.25, 0.3) is 0 Å². The molecule has 1 N–H and O–H groups in total. The summed E-state index contributed by atoms with van der Waals surface area (Å²) in [5, 5.41) is 9.98. The molecule has 0 amide bonds. The standard InChI is InChI=1S/C15H20ClNO3/c1-20-14-6-5-11(9-12(14)16)10-13(15(18)19)17-7-3-2-4-8-17/h5-6,9,13H,2-4,7-8,10H2,1H3,(H,18,19)/t13-/m0/s1. The Kier molecular flexibility index (Phi) is 5.26. The molecule has 0 aromatic heterocycles. The normalized spacial score (nSPS) is 17.7. The zero-order valence-corrected chi connectivity index (χ0v) is 12.4. The molecule has 1 aromatic carbocycles. The molecule has 1 aliphatic heterocycles. The van der Waals surface area contributed by atoms with E-state index in [2.05, 4.69) is 4.90 Å². The third-order valence-electron chi connectivity index (χ3n) is 3.76. The summed E-state index contributed by atoms with van der Waals surface area (Å²) in [6.07, 6.45) is 3.82. The quantitative estimate of drug-likeness (QED) is 0.908. The number of hydrogen-bond acceptors (Lipinski definition) is 3. The van der Waals surface area contributed by atoms with Gasteiger partial charge in [0.05, 0.1) is 12.1 Å². The molecule has 2 rings (SSSR count). The van der Waals surface area contributed by atoms with Gasteiger partial charge in [-0.05, 0) is 50.0 Å². The van der Waals surface area contributed by atoms with Crippen molar-refractivity contribution in [3.63, 3.8) is 0 Å². The first kappa shape index (κ1) is 15.1. The lowest BCUT2D eigenvalue weighted by Crippen LogP contribution is -2.45. The Labute approximate surface area is 124 Å². The lowest BCUT2D eigenvalue weighted by molar-refractivity contribution is -0.143. The number of carboxylic acids is 1. The fourth-order valence-corrected chi connectivity index (χ4v) is 2.94. The lowest BCUT2D eigenvalue weighted by atomic mass is 10.0. The number of hydrogen-bond donors (Lipinski definition) is 1. The summed E-state index contributed by atoms with van der Waals surface area (Å²) < 4.78 is 5.11. The summed E-state index contributed by atoms with van der Waals surface area (Å²) in [6, 6.07) is 4.98. The molecule has 4 nitrogen and oxygen atoms in total. The van der Waals surface area contributed by atoms with Gasteiger partial charge in [0.2, 0.25) is 0 Å². The maximum absolute atomic E-state index is 11.5. The second kappa shape index (κ2) is 6.95. The summed E-state index contributed by atoms with van der Waals surface area (Å²) in [6.45, 7) is 1.72. The van der Waals surface area contributed by atoms with Crippen LogP contribution in [0.1, 0.15) is 24.8 Å². The topological polar surface area (TPSA) is 49.8 Å². The van der Waals surface area contributed by atoms with E-state index in [1.165, 1.54) is 6.42 Å². The number of rotatable bonds is 5. The largest absolute Gasteiger partial charge is 0.495 e.